The molecule has 34 heavy (non-hydrogen) atoms. The van der Waals surface area contributed by atoms with E-state index in [9.17, 15) is 18.8 Å². The Balaban J connectivity index is 1.59. The van der Waals surface area contributed by atoms with Gasteiger partial charge in [-0.15, -0.1) is 0 Å². The zero-order valence-electron chi connectivity index (χ0n) is 18.6. The number of ether oxygens (including phenoxy) is 1. The first-order valence-electron chi connectivity index (χ1n) is 10.6. The van der Waals surface area contributed by atoms with Gasteiger partial charge in [-0.2, -0.15) is 5.10 Å². The van der Waals surface area contributed by atoms with Crippen molar-refractivity contribution in [3.63, 3.8) is 0 Å². The van der Waals surface area contributed by atoms with E-state index in [2.05, 4.69) is 15.8 Å². The third-order valence-corrected chi connectivity index (χ3v) is 5.52. The molecule has 0 aliphatic heterocycles. The highest BCUT2D eigenvalue weighted by atomic mass is 19.1. The number of nitrogens with one attached hydrogen (secondary N) is 2. The molecule has 0 unspecified atom stereocenters. The molecule has 4 rings (SSSR count). The number of hydrogen-bond acceptors (Lipinski definition) is 6. The fourth-order valence-electron chi connectivity index (χ4n) is 3.88. The van der Waals surface area contributed by atoms with Crippen LogP contribution in [0.2, 0.25) is 0 Å². The van der Waals surface area contributed by atoms with Crippen LogP contribution in [0.4, 0.5) is 10.1 Å². The third-order valence-electron chi connectivity index (χ3n) is 5.52. The van der Waals surface area contributed by atoms with Crippen molar-refractivity contribution in [2.24, 2.45) is 5.10 Å². The van der Waals surface area contributed by atoms with Crippen LogP contribution in [0.3, 0.4) is 0 Å². The number of carbonyl (C=O) groups excluding carboxylic acids is 3. The molecule has 8 nitrogen and oxygen atoms in total. The van der Waals surface area contributed by atoms with E-state index in [-0.39, 0.29) is 16.9 Å². The predicted octanol–water partition coefficient (Wildman–Crippen LogP) is 4.24. The Morgan fingerprint density at radius 3 is 2.44 bits per heavy atom. The minimum Gasteiger partial charge on any atom is -0.465 e. The molecule has 0 bridgehead atoms. The molecule has 174 valence electrons. The van der Waals surface area contributed by atoms with Gasteiger partial charge in [0.15, 0.2) is 5.76 Å². The lowest BCUT2D eigenvalue weighted by Crippen LogP contribution is -2.23. The molecule has 1 aliphatic carbocycles. The molecule has 2 amide bonds. The molecule has 0 atom stereocenters. The number of hydrogen-bond donors (Lipinski definition) is 2. The van der Waals surface area contributed by atoms with Gasteiger partial charge < -0.3 is 14.5 Å². The van der Waals surface area contributed by atoms with E-state index in [1.54, 1.807) is 37.3 Å². The van der Waals surface area contributed by atoms with Crippen molar-refractivity contribution in [1.82, 2.24) is 5.43 Å². The molecule has 0 saturated heterocycles. The summed E-state index contributed by atoms with van der Waals surface area (Å²) in [5.74, 6) is -1.76. The first-order valence-corrected chi connectivity index (χ1v) is 10.6. The van der Waals surface area contributed by atoms with Crippen molar-refractivity contribution in [1.29, 1.82) is 0 Å². The molecule has 0 fully saturated rings. The number of hydrazone groups is 1. The summed E-state index contributed by atoms with van der Waals surface area (Å²) in [6, 6.07) is 12.1. The molecule has 1 aromatic heterocycles. The molecule has 1 aliphatic rings. The number of halogens is 1. The van der Waals surface area contributed by atoms with Gasteiger partial charge in [-0.1, -0.05) is 24.3 Å². The summed E-state index contributed by atoms with van der Waals surface area (Å²) in [4.78, 5) is 37.4. The van der Waals surface area contributed by atoms with Crippen molar-refractivity contribution in [2.45, 2.75) is 26.2 Å². The molecular formula is C25H22FN3O5. The Kier molecular flexibility index (Phi) is 6.53. The van der Waals surface area contributed by atoms with Gasteiger partial charge in [-0.25, -0.2) is 14.6 Å². The quantitative estimate of drug-likeness (QED) is 0.435. The number of amides is 2. The Hall–Kier alpha value is -4.27. The number of furan rings is 1. The highest BCUT2D eigenvalue weighted by Crippen LogP contribution is 2.30. The van der Waals surface area contributed by atoms with E-state index in [0.29, 0.717) is 47.5 Å². The molecule has 9 heteroatoms. The van der Waals surface area contributed by atoms with Crippen LogP contribution in [0.25, 0.3) is 0 Å². The lowest BCUT2D eigenvalue weighted by Gasteiger charge is -2.13. The van der Waals surface area contributed by atoms with Crippen LogP contribution >= 0.6 is 0 Å². The molecule has 0 radical (unpaired) electrons. The number of aryl methyl sites for hydroxylation is 1. The van der Waals surface area contributed by atoms with Gasteiger partial charge in [0, 0.05) is 17.5 Å². The SMILES string of the molecule is COC(=O)c1ccccc1NC(=O)c1oc2c(c1C)/C(=N/NC(=O)c1ccccc1F)CCC2. The summed E-state index contributed by atoms with van der Waals surface area (Å²) in [7, 11) is 1.26. The highest BCUT2D eigenvalue weighted by molar-refractivity contribution is 6.11. The number of methoxy groups -OCH3 is 1. The maximum Gasteiger partial charge on any atom is 0.339 e. The average molecular weight is 463 g/mol. The Labute approximate surface area is 194 Å². The fourth-order valence-corrected chi connectivity index (χ4v) is 3.88. The van der Waals surface area contributed by atoms with Crippen LogP contribution in [0.5, 0.6) is 0 Å². The maximum absolute atomic E-state index is 13.9. The fraction of sp³-hybridized carbons (Fsp3) is 0.200. The molecule has 2 aromatic carbocycles. The Bertz CT molecular complexity index is 1310. The smallest absolute Gasteiger partial charge is 0.339 e. The summed E-state index contributed by atoms with van der Waals surface area (Å²) in [6.07, 6.45) is 1.86. The number of benzene rings is 2. The first-order chi connectivity index (χ1) is 16.4. The molecule has 1 heterocycles. The molecule has 0 saturated carbocycles. The summed E-state index contributed by atoms with van der Waals surface area (Å²) >= 11 is 0. The van der Waals surface area contributed by atoms with Gasteiger partial charge in [0.05, 0.1) is 29.6 Å². The van der Waals surface area contributed by atoms with Gasteiger partial charge in [-0.3, -0.25) is 9.59 Å². The standard InChI is InChI=1S/C25H22FN3O5/c1-14-21-19(28-29-23(30)15-8-3-5-10-17(15)26)12-7-13-20(21)34-22(14)24(31)27-18-11-6-4-9-16(18)25(32)33-2/h3-6,8-11H,7,12-13H2,1-2H3,(H,27,31)(H,29,30)/b28-19+. The zero-order chi connectivity index (χ0) is 24.2. The summed E-state index contributed by atoms with van der Waals surface area (Å²) in [5, 5.41) is 6.91. The van der Waals surface area contributed by atoms with Crippen molar-refractivity contribution < 1.29 is 27.9 Å². The van der Waals surface area contributed by atoms with Gasteiger partial charge >= 0.3 is 5.97 Å². The van der Waals surface area contributed by atoms with E-state index in [1.807, 2.05) is 0 Å². The summed E-state index contributed by atoms with van der Waals surface area (Å²) < 4.78 is 24.5. The minimum absolute atomic E-state index is 0.0831. The maximum atomic E-state index is 13.9. The van der Waals surface area contributed by atoms with E-state index in [0.717, 1.165) is 0 Å². The highest BCUT2D eigenvalue weighted by Gasteiger charge is 2.29. The lowest BCUT2D eigenvalue weighted by atomic mass is 9.93. The number of fused-ring (bicyclic) bond motifs is 1. The van der Waals surface area contributed by atoms with Crippen LogP contribution in [-0.2, 0) is 11.2 Å². The number of anilines is 1. The second kappa shape index (κ2) is 9.70. The molecule has 3 aromatic rings. The second-order valence-corrected chi connectivity index (χ2v) is 7.68. The van der Waals surface area contributed by atoms with Crippen LogP contribution in [0, 0.1) is 12.7 Å². The average Bonchev–Trinajstić information content (AvgIpc) is 3.20. The molecular weight excluding hydrogens is 441 g/mol. The lowest BCUT2D eigenvalue weighted by molar-refractivity contribution is 0.0601. The summed E-state index contributed by atoms with van der Waals surface area (Å²) in [6.45, 7) is 1.73. The Morgan fingerprint density at radius 1 is 1.00 bits per heavy atom. The summed E-state index contributed by atoms with van der Waals surface area (Å²) in [5.41, 5.74) is 4.53. The molecule has 0 spiro atoms. The van der Waals surface area contributed by atoms with Crippen LogP contribution in [0.15, 0.2) is 58.0 Å². The van der Waals surface area contributed by atoms with Crippen LogP contribution in [-0.4, -0.2) is 30.6 Å². The van der Waals surface area contributed by atoms with Crippen molar-refractivity contribution >= 4 is 29.2 Å². The topological polar surface area (TPSA) is 110 Å². The van der Waals surface area contributed by atoms with E-state index < -0.39 is 23.6 Å². The zero-order valence-corrected chi connectivity index (χ0v) is 18.6. The van der Waals surface area contributed by atoms with Crippen molar-refractivity contribution in [3.05, 3.63) is 88.1 Å². The largest absolute Gasteiger partial charge is 0.465 e. The number of nitrogens with zero attached hydrogens (tertiary/aromatic N) is 1. The van der Waals surface area contributed by atoms with Gasteiger partial charge in [-0.05, 0) is 44.0 Å². The number of esters is 1. The third kappa shape index (κ3) is 4.45. The monoisotopic (exact) mass is 463 g/mol. The predicted molar refractivity (Wildman–Crippen MR) is 123 cm³/mol. The Morgan fingerprint density at radius 2 is 1.71 bits per heavy atom. The van der Waals surface area contributed by atoms with Crippen LogP contribution < -0.4 is 10.7 Å². The van der Waals surface area contributed by atoms with E-state index in [4.69, 9.17) is 9.15 Å². The number of para-hydroxylation sites is 1. The normalized spacial score (nSPS) is 13.8. The van der Waals surface area contributed by atoms with Gasteiger partial charge in [0.1, 0.15) is 11.6 Å². The molecule has 2 N–H and O–H groups in total. The first kappa shape index (κ1) is 22.9. The van der Waals surface area contributed by atoms with Gasteiger partial charge in [0.25, 0.3) is 11.8 Å². The van der Waals surface area contributed by atoms with E-state index >= 15 is 0 Å². The van der Waals surface area contributed by atoms with Crippen LogP contribution in [0.1, 0.15) is 61.0 Å². The van der Waals surface area contributed by atoms with Crippen molar-refractivity contribution in [2.75, 3.05) is 12.4 Å². The van der Waals surface area contributed by atoms with E-state index in [1.165, 1.54) is 25.3 Å². The number of rotatable bonds is 5. The van der Waals surface area contributed by atoms with Crippen molar-refractivity contribution in [3.8, 4) is 0 Å². The second-order valence-electron chi connectivity index (χ2n) is 7.68. The van der Waals surface area contributed by atoms with Gasteiger partial charge in [0.2, 0.25) is 0 Å². The minimum atomic E-state index is -0.670. The number of carbonyl (C=O) groups is 3.